The molecule has 70 valence electrons. The number of hydrogen-bond donors (Lipinski definition) is 0. The van der Waals surface area contributed by atoms with Gasteiger partial charge in [0.05, 0.1) is 23.5 Å². The number of thioether (sulfide) groups is 1. The van der Waals surface area contributed by atoms with Crippen LogP contribution in [-0.2, 0) is 4.74 Å². The van der Waals surface area contributed by atoms with Crippen LogP contribution < -0.4 is 0 Å². The fourth-order valence-electron chi connectivity index (χ4n) is 1.09. The van der Waals surface area contributed by atoms with Gasteiger partial charge in [-0.2, -0.15) is 0 Å². The highest BCUT2D eigenvalue weighted by molar-refractivity contribution is 9.10. The zero-order valence-electron chi connectivity index (χ0n) is 7.29. The number of aryl methyl sites for hydroxylation is 1. The molecule has 2 nitrogen and oxygen atoms in total. The Kier molecular flexibility index (Phi) is 2.91. The van der Waals surface area contributed by atoms with Crippen LogP contribution in [-0.4, -0.2) is 23.4 Å². The normalized spacial score (nSPS) is 17.1. The highest BCUT2D eigenvalue weighted by Gasteiger charge is 2.20. The molecule has 2 heterocycles. The number of hydrogen-bond acceptors (Lipinski definition) is 3. The molecule has 0 unspecified atom stereocenters. The Bertz CT molecular complexity index is 314. The Morgan fingerprint density at radius 2 is 2.38 bits per heavy atom. The van der Waals surface area contributed by atoms with Gasteiger partial charge in [-0.1, -0.05) is 11.8 Å². The summed E-state index contributed by atoms with van der Waals surface area (Å²) < 4.78 is 6.15. The van der Waals surface area contributed by atoms with E-state index in [-0.39, 0.29) is 0 Å². The lowest BCUT2D eigenvalue weighted by Gasteiger charge is -2.25. The van der Waals surface area contributed by atoms with Crippen LogP contribution in [0.4, 0.5) is 0 Å². The van der Waals surface area contributed by atoms with Gasteiger partial charge in [-0.05, 0) is 34.5 Å². The Labute approximate surface area is 90.2 Å². The van der Waals surface area contributed by atoms with Crippen LogP contribution in [0.15, 0.2) is 21.8 Å². The first-order valence-electron chi connectivity index (χ1n) is 4.12. The average molecular weight is 260 g/mol. The fourth-order valence-corrected chi connectivity index (χ4v) is 2.54. The standard InChI is InChI=1S/C9H10BrNOS/c1-6-2-7(10)3-11-9(6)13-8-4-12-5-8/h2-3,8H,4-5H2,1H3. The van der Waals surface area contributed by atoms with Gasteiger partial charge in [-0.15, -0.1) is 0 Å². The molecule has 4 heteroatoms. The van der Waals surface area contributed by atoms with E-state index in [2.05, 4.69) is 33.9 Å². The summed E-state index contributed by atoms with van der Waals surface area (Å²) in [7, 11) is 0. The van der Waals surface area contributed by atoms with Gasteiger partial charge in [-0.25, -0.2) is 4.98 Å². The van der Waals surface area contributed by atoms with Crippen molar-refractivity contribution in [2.75, 3.05) is 13.2 Å². The van der Waals surface area contributed by atoms with Crippen LogP contribution in [0, 0.1) is 6.92 Å². The molecule has 0 aliphatic carbocycles. The van der Waals surface area contributed by atoms with E-state index < -0.39 is 0 Å². The molecule has 1 aliphatic heterocycles. The van der Waals surface area contributed by atoms with Crippen LogP contribution in [0.3, 0.4) is 0 Å². The minimum absolute atomic E-state index is 0.604. The zero-order valence-corrected chi connectivity index (χ0v) is 9.69. The summed E-state index contributed by atoms with van der Waals surface area (Å²) in [5.74, 6) is 0. The zero-order chi connectivity index (χ0) is 9.26. The minimum Gasteiger partial charge on any atom is -0.379 e. The number of pyridine rings is 1. The summed E-state index contributed by atoms with van der Waals surface area (Å²) in [6.07, 6.45) is 1.84. The van der Waals surface area contributed by atoms with Gasteiger partial charge >= 0.3 is 0 Å². The van der Waals surface area contributed by atoms with Crippen molar-refractivity contribution in [3.05, 3.63) is 22.3 Å². The van der Waals surface area contributed by atoms with E-state index in [0.717, 1.165) is 22.7 Å². The lowest BCUT2D eigenvalue weighted by Crippen LogP contribution is -2.30. The van der Waals surface area contributed by atoms with Crippen molar-refractivity contribution >= 4 is 27.7 Å². The monoisotopic (exact) mass is 259 g/mol. The summed E-state index contributed by atoms with van der Waals surface area (Å²) in [6.45, 7) is 3.81. The quantitative estimate of drug-likeness (QED) is 0.816. The third-order valence-electron chi connectivity index (χ3n) is 1.88. The lowest BCUT2D eigenvalue weighted by molar-refractivity contribution is 0.0454. The second-order valence-corrected chi connectivity index (χ2v) is 5.26. The summed E-state index contributed by atoms with van der Waals surface area (Å²) in [4.78, 5) is 4.36. The molecular weight excluding hydrogens is 250 g/mol. The molecule has 0 atom stereocenters. The molecule has 13 heavy (non-hydrogen) atoms. The molecule has 0 aromatic carbocycles. The van der Waals surface area contributed by atoms with E-state index in [1.165, 1.54) is 5.56 Å². The van der Waals surface area contributed by atoms with Crippen molar-refractivity contribution in [3.63, 3.8) is 0 Å². The second-order valence-electron chi connectivity index (χ2n) is 3.05. The molecule has 2 rings (SSSR count). The third-order valence-corrected chi connectivity index (χ3v) is 3.57. The molecule has 0 bridgehead atoms. The van der Waals surface area contributed by atoms with E-state index >= 15 is 0 Å². The summed E-state index contributed by atoms with van der Waals surface area (Å²) in [6, 6.07) is 2.09. The number of rotatable bonds is 2. The number of nitrogens with zero attached hydrogens (tertiary/aromatic N) is 1. The average Bonchev–Trinajstić information content (AvgIpc) is 1.99. The van der Waals surface area contributed by atoms with Gasteiger partial charge in [0.15, 0.2) is 0 Å². The van der Waals surface area contributed by atoms with Gasteiger partial charge in [0.2, 0.25) is 0 Å². The van der Waals surface area contributed by atoms with Gasteiger partial charge in [0, 0.05) is 10.7 Å². The van der Waals surface area contributed by atoms with Crippen LogP contribution in [0.25, 0.3) is 0 Å². The van der Waals surface area contributed by atoms with E-state index in [1.54, 1.807) is 0 Å². The molecule has 1 fully saturated rings. The molecule has 0 amide bonds. The SMILES string of the molecule is Cc1cc(Br)cnc1SC1COC1. The smallest absolute Gasteiger partial charge is 0.0994 e. The molecule has 0 radical (unpaired) electrons. The first-order chi connectivity index (χ1) is 6.25. The molecule has 1 aliphatic rings. The van der Waals surface area contributed by atoms with E-state index in [1.807, 2.05) is 18.0 Å². The van der Waals surface area contributed by atoms with Crippen LogP contribution in [0.1, 0.15) is 5.56 Å². The summed E-state index contributed by atoms with van der Waals surface area (Å²) in [5, 5.41) is 1.73. The van der Waals surface area contributed by atoms with Crippen LogP contribution in [0.5, 0.6) is 0 Å². The van der Waals surface area contributed by atoms with Crippen molar-refractivity contribution in [3.8, 4) is 0 Å². The van der Waals surface area contributed by atoms with Crippen molar-refractivity contribution in [1.82, 2.24) is 4.98 Å². The fraction of sp³-hybridized carbons (Fsp3) is 0.444. The Balaban J connectivity index is 2.10. The van der Waals surface area contributed by atoms with Crippen molar-refractivity contribution in [1.29, 1.82) is 0 Å². The first kappa shape index (κ1) is 9.49. The predicted molar refractivity (Wildman–Crippen MR) is 57.1 cm³/mol. The highest BCUT2D eigenvalue weighted by atomic mass is 79.9. The van der Waals surface area contributed by atoms with Crippen molar-refractivity contribution in [2.45, 2.75) is 17.2 Å². The molecule has 1 aromatic rings. The van der Waals surface area contributed by atoms with Gasteiger partial charge < -0.3 is 4.74 Å². The third kappa shape index (κ3) is 2.24. The molecule has 0 N–H and O–H groups in total. The van der Waals surface area contributed by atoms with Crippen molar-refractivity contribution < 1.29 is 4.74 Å². The van der Waals surface area contributed by atoms with Gasteiger partial charge in [0.25, 0.3) is 0 Å². The predicted octanol–water partition coefficient (Wildman–Crippen LogP) is 2.64. The molecular formula is C9H10BrNOS. The largest absolute Gasteiger partial charge is 0.379 e. The van der Waals surface area contributed by atoms with Crippen LogP contribution in [0.2, 0.25) is 0 Å². The molecule has 0 saturated carbocycles. The van der Waals surface area contributed by atoms with E-state index in [0.29, 0.717) is 5.25 Å². The Hall–Kier alpha value is -0.0600. The van der Waals surface area contributed by atoms with Crippen LogP contribution >= 0.6 is 27.7 Å². The maximum Gasteiger partial charge on any atom is 0.0994 e. The maximum absolute atomic E-state index is 5.11. The highest BCUT2D eigenvalue weighted by Crippen LogP contribution is 2.29. The second kappa shape index (κ2) is 3.98. The van der Waals surface area contributed by atoms with Gasteiger partial charge in [0.1, 0.15) is 0 Å². The summed E-state index contributed by atoms with van der Waals surface area (Å²) >= 11 is 5.21. The molecule has 1 saturated heterocycles. The van der Waals surface area contributed by atoms with Crippen molar-refractivity contribution in [2.24, 2.45) is 0 Å². The van der Waals surface area contributed by atoms with Gasteiger partial charge in [-0.3, -0.25) is 0 Å². The lowest BCUT2D eigenvalue weighted by atomic mass is 10.3. The van der Waals surface area contributed by atoms with E-state index in [4.69, 9.17) is 4.74 Å². The molecule has 0 spiro atoms. The maximum atomic E-state index is 5.11. The summed E-state index contributed by atoms with van der Waals surface area (Å²) in [5.41, 5.74) is 1.23. The minimum atomic E-state index is 0.604. The number of halogens is 1. The number of ether oxygens (including phenoxy) is 1. The first-order valence-corrected chi connectivity index (χ1v) is 5.79. The Morgan fingerprint density at radius 1 is 1.62 bits per heavy atom. The Morgan fingerprint density at radius 3 is 2.92 bits per heavy atom. The van der Waals surface area contributed by atoms with E-state index in [9.17, 15) is 0 Å². The number of aromatic nitrogens is 1. The molecule has 1 aromatic heterocycles. The topological polar surface area (TPSA) is 22.1 Å².